The van der Waals surface area contributed by atoms with E-state index >= 15 is 0 Å². The number of carbonyl (C=O) groups is 3. The van der Waals surface area contributed by atoms with Crippen molar-refractivity contribution in [3.63, 3.8) is 0 Å². The third kappa shape index (κ3) is 3.83. The number of ether oxygens (including phenoxy) is 1. The molecular formula is C18H16N2O4S. The van der Waals surface area contributed by atoms with Crippen LogP contribution in [-0.2, 0) is 14.3 Å². The van der Waals surface area contributed by atoms with Gasteiger partial charge in [0.25, 0.3) is 5.91 Å². The van der Waals surface area contributed by atoms with Gasteiger partial charge in [-0.3, -0.25) is 14.5 Å². The molecule has 0 atom stereocenters. The minimum absolute atomic E-state index is 0.101. The molecule has 0 radical (unpaired) electrons. The molecule has 0 aliphatic carbocycles. The van der Waals surface area contributed by atoms with Gasteiger partial charge >= 0.3 is 5.97 Å². The van der Waals surface area contributed by atoms with Crippen LogP contribution in [-0.4, -0.2) is 37.2 Å². The van der Waals surface area contributed by atoms with Crippen molar-refractivity contribution in [3.05, 3.63) is 54.1 Å². The monoisotopic (exact) mass is 356 g/mol. The summed E-state index contributed by atoms with van der Waals surface area (Å²) >= 11 is 1.57. The third-order valence-corrected chi connectivity index (χ3v) is 4.47. The summed E-state index contributed by atoms with van der Waals surface area (Å²) in [5.74, 6) is -1.31. The summed E-state index contributed by atoms with van der Waals surface area (Å²) in [5.41, 5.74) is 1.53. The molecule has 1 aliphatic rings. The van der Waals surface area contributed by atoms with E-state index in [1.807, 2.05) is 18.4 Å². The standard InChI is InChI=1S/C18H16N2O4S/c1-25-13-8-6-12(7-9-13)18(23)24-11-17(22)20-10-16(21)19-14-4-2-3-5-15(14)20/h2-9H,10-11H2,1H3,(H,19,21). The van der Waals surface area contributed by atoms with E-state index in [0.29, 0.717) is 16.9 Å². The van der Waals surface area contributed by atoms with E-state index < -0.39 is 18.5 Å². The molecule has 0 unspecified atom stereocenters. The van der Waals surface area contributed by atoms with Crippen molar-refractivity contribution >= 4 is 40.9 Å². The molecule has 2 aromatic rings. The van der Waals surface area contributed by atoms with Crippen molar-refractivity contribution in [2.24, 2.45) is 0 Å². The number of fused-ring (bicyclic) bond motifs is 1. The van der Waals surface area contributed by atoms with Gasteiger partial charge in [0.15, 0.2) is 6.61 Å². The summed E-state index contributed by atoms with van der Waals surface area (Å²) in [6.45, 7) is -0.527. The Hall–Kier alpha value is -2.80. The van der Waals surface area contributed by atoms with Gasteiger partial charge in [-0.2, -0.15) is 0 Å². The number of nitrogens with one attached hydrogen (secondary N) is 1. The Bertz CT molecular complexity index is 820. The summed E-state index contributed by atoms with van der Waals surface area (Å²) < 4.78 is 5.10. The van der Waals surface area contributed by atoms with Crippen LogP contribution in [0.25, 0.3) is 0 Å². The number of para-hydroxylation sites is 2. The normalized spacial score (nSPS) is 13.0. The highest BCUT2D eigenvalue weighted by Crippen LogP contribution is 2.28. The highest BCUT2D eigenvalue weighted by Gasteiger charge is 2.27. The van der Waals surface area contributed by atoms with Gasteiger partial charge in [0.05, 0.1) is 16.9 Å². The number of hydrogen-bond donors (Lipinski definition) is 1. The van der Waals surface area contributed by atoms with Gasteiger partial charge in [-0.1, -0.05) is 12.1 Å². The number of amides is 2. The van der Waals surface area contributed by atoms with Crippen LogP contribution in [0.5, 0.6) is 0 Å². The van der Waals surface area contributed by atoms with Crippen LogP contribution in [0.1, 0.15) is 10.4 Å². The van der Waals surface area contributed by atoms with Gasteiger partial charge in [0, 0.05) is 4.90 Å². The molecule has 0 saturated carbocycles. The van der Waals surface area contributed by atoms with E-state index in [-0.39, 0.29) is 12.5 Å². The van der Waals surface area contributed by atoms with E-state index in [1.165, 1.54) is 4.90 Å². The number of thioether (sulfide) groups is 1. The molecular weight excluding hydrogens is 340 g/mol. The minimum atomic E-state index is -0.573. The van der Waals surface area contributed by atoms with E-state index in [0.717, 1.165) is 4.90 Å². The Morgan fingerprint density at radius 3 is 2.60 bits per heavy atom. The average molecular weight is 356 g/mol. The molecule has 0 spiro atoms. The number of hydrogen-bond acceptors (Lipinski definition) is 5. The van der Waals surface area contributed by atoms with Crippen molar-refractivity contribution in [2.45, 2.75) is 4.90 Å². The van der Waals surface area contributed by atoms with Gasteiger partial charge < -0.3 is 10.1 Å². The third-order valence-electron chi connectivity index (χ3n) is 3.72. The Morgan fingerprint density at radius 2 is 1.88 bits per heavy atom. The van der Waals surface area contributed by atoms with Crippen LogP contribution in [0.2, 0.25) is 0 Å². The van der Waals surface area contributed by atoms with Gasteiger partial charge in [0.2, 0.25) is 5.91 Å². The lowest BCUT2D eigenvalue weighted by atomic mass is 10.2. The van der Waals surface area contributed by atoms with E-state index in [9.17, 15) is 14.4 Å². The second-order valence-electron chi connectivity index (χ2n) is 5.35. The van der Waals surface area contributed by atoms with Gasteiger partial charge in [-0.25, -0.2) is 4.79 Å². The lowest BCUT2D eigenvalue weighted by Gasteiger charge is -2.28. The fourth-order valence-electron chi connectivity index (χ4n) is 2.47. The summed E-state index contributed by atoms with van der Waals surface area (Å²) in [4.78, 5) is 38.6. The van der Waals surface area contributed by atoms with Crippen molar-refractivity contribution in [2.75, 3.05) is 29.6 Å². The second-order valence-corrected chi connectivity index (χ2v) is 6.23. The average Bonchev–Trinajstić information content (AvgIpc) is 2.65. The molecule has 6 nitrogen and oxygen atoms in total. The molecule has 7 heteroatoms. The fourth-order valence-corrected chi connectivity index (χ4v) is 2.88. The second kappa shape index (κ2) is 7.40. The van der Waals surface area contributed by atoms with Crippen LogP contribution < -0.4 is 10.2 Å². The van der Waals surface area contributed by atoms with Crippen LogP contribution in [0.4, 0.5) is 11.4 Å². The fraction of sp³-hybridized carbons (Fsp3) is 0.167. The first-order valence-electron chi connectivity index (χ1n) is 7.59. The maximum absolute atomic E-state index is 12.4. The number of esters is 1. The van der Waals surface area contributed by atoms with Crippen molar-refractivity contribution in [1.29, 1.82) is 0 Å². The van der Waals surface area contributed by atoms with Crippen molar-refractivity contribution in [3.8, 4) is 0 Å². The molecule has 2 amide bonds. The zero-order valence-corrected chi connectivity index (χ0v) is 14.3. The van der Waals surface area contributed by atoms with Crippen LogP contribution in [0.15, 0.2) is 53.4 Å². The molecule has 2 aromatic carbocycles. The number of rotatable bonds is 4. The molecule has 1 N–H and O–H groups in total. The number of carbonyl (C=O) groups excluding carboxylic acids is 3. The number of anilines is 2. The lowest BCUT2D eigenvalue weighted by molar-refractivity contribution is -0.124. The predicted molar refractivity (Wildman–Crippen MR) is 95.9 cm³/mol. The first kappa shape index (κ1) is 17.0. The summed E-state index contributed by atoms with van der Waals surface area (Å²) in [6.07, 6.45) is 1.94. The summed E-state index contributed by atoms with van der Waals surface area (Å²) in [5, 5.41) is 2.70. The Labute approximate surface area is 149 Å². The van der Waals surface area contributed by atoms with E-state index in [1.54, 1.807) is 48.2 Å². The first-order valence-corrected chi connectivity index (χ1v) is 8.81. The molecule has 0 saturated heterocycles. The lowest BCUT2D eigenvalue weighted by Crippen LogP contribution is -2.44. The Morgan fingerprint density at radius 1 is 1.16 bits per heavy atom. The molecule has 25 heavy (non-hydrogen) atoms. The van der Waals surface area contributed by atoms with E-state index in [2.05, 4.69) is 5.32 Å². The van der Waals surface area contributed by atoms with Crippen LogP contribution in [0.3, 0.4) is 0 Å². The highest BCUT2D eigenvalue weighted by atomic mass is 32.2. The maximum atomic E-state index is 12.4. The van der Waals surface area contributed by atoms with Gasteiger partial charge in [0.1, 0.15) is 6.54 Å². The van der Waals surface area contributed by atoms with E-state index in [4.69, 9.17) is 4.74 Å². The molecule has 1 heterocycles. The molecule has 128 valence electrons. The van der Waals surface area contributed by atoms with Gasteiger partial charge in [-0.05, 0) is 42.7 Å². The number of benzene rings is 2. The maximum Gasteiger partial charge on any atom is 0.338 e. The van der Waals surface area contributed by atoms with Crippen molar-refractivity contribution < 1.29 is 19.1 Å². The SMILES string of the molecule is CSc1ccc(C(=O)OCC(=O)N2CC(=O)Nc3ccccc32)cc1. The summed E-state index contributed by atoms with van der Waals surface area (Å²) in [6, 6.07) is 13.9. The Kier molecular flexibility index (Phi) is 5.04. The quantitative estimate of drug-likeness (QED) is 0.673. The molecule has 0 bridgehead atoms. The highest BCUT2D eigenvalue weighted by molar-refractivity contribution is 7.98. The molecule has 0 fully saturated rings. The topological polar surface area (TPSA) is 75.7 Å². The largest absolute Gasteiger partial charge is 0.452 e. The number of nitrogens with zero attached hydrogens (tertiary/aromatic N) is 1. The predicted octanol–water partition coefficient (Wildman–Crippen LogP) is 2.55. The molecule has 1 aliphatic heterocycles. The molecule has 0 aromatic heterocycles. The minimum Gasteiger partial charge on any atom is -0.452 e. The van der Waals surface area contributed by atoms with Crippen LogP contribution >= 0.6 is 11.8 Å². The smallest absolute Gasteiger partial charge is 0.338 e. The zero-order valence-electron chi connectivity index (χ0n) is 13.5. The zero-order chi connectivity index (χ0) is 17.8. The first-order chi connectivity index (χ1) is 12.1. The molecule has 3 rings (SSSR count). The van der Waals surface area contributed by atoms with Crippen molar-refractivity contribution in [1.82, 2.24) is 0 Å². The van der Waals surface area contributed by atoms with Crippen LogP contribution in [0, 0.1) is 0 Å². The Balaban J connectivity index is 1.66. The summed E-state index contributed by atoms with van der Waals surface area (Å²) in [7, 11) is 0. The van der Waals surface area contributed by atoms with Gasteiger partial charge in [-0.15, -0.1) is 11.8 Å².